The van der Waals surface area contributed by atoms with Gasteiger partial charge in [0.05, 0.1) is 0 Å². The summed E-state index contributed by atoms with van der Waals surface area (Å²) < 4.78 is 6.59. The molecule has 0 N–H and O–H groups in total. The first-order valence-electron chi connectivity index (χ1n) is 20.0. The fourth-order valence-corrected chi connectivity index (χ4v) is 10.9. The topological polar surface area (TPSA) is 35.0 Å². The Morgan fingerprint density at radius 2 is 1.33 bits per heavy atom. The Morgan fingerprint density at radius 1 is 0.655 bits per heavy atom. The van der Waals surface area contributed by atoms with E-state index in [9.17, 15) is 0 Å². The Labute approximate surface area is 342 Å². The zero-order valence-electron chi connectivity index (χ0n) is 33.3. The number of benzene rings is 4. The van der Waals surface area contributed by atoms with Gasteiger partial charge in [0, 0.05) is 6.07 Å². The molecule has 3 aliphatic carbocycles. The van der Waals surface area contributed by atoms with Crippen LogP contribution in [0.15, 0.2) is 103 Å². The second-order valence-corrected chi connectivity index (χ2v) is 18.6. The number of ether oxygens (including phenoxy) is 1. The molecule has 9 rings (SSSR count). The van der Waals surface area contributed by atoms with Crippen LogP contribution in [0.4, 0.5) is 0 Å². The van der Waals surface area contributed by atoms with Crippen molar-refractivity contribution in [3.05, 3.63) is 143 Å². The van der Waals surface area contributed by atoms with Gasteiger partial charge in [-0.1, -0.05) is 114 Å². The predicted octanol–water partition coefficient (Wildman–Crippen LogP) is 13.0. The van der Waals surface area contributed by atoms with Crippen molar-refractivity contribution in [3.8, 4) is 34.3 Å². The standard InChI is InChI=1S/C51H52N2O.Pt/c1-48(2,3)39-25-23-33(24-26-39)36-29-45(34-15-9-8-10-16-34)53-47(30-36)54-46-22-14-21-44(52-46)40-18-13-17-35-27-37-31-51(32-38(37)28-41(35)40)49(4,5)42-19-11-12-20-43(42)50(51,6)7;/h8-15,17,19-22,27-30,33,39H,23-26,31-32H2,1-7H3;/q-2;+2. The third-order valence-corrected chi connectivity index (χ3v) is 14.2. The van der Waals surface area contributed by atoms with E-state index in [-0.39, 0.29) is 37.3 Å². The molecule has 0 unspecified atom stereocenters. The molecule has 282 valence electrons. The van der Waals surface area contributed by atoms with Crippen molar-refractivity contribution in [1.29, 1.82) is 0 Å². The van der Waals surface area contributed by atoms with Gasteiger partial charge in [-0.15, -0.1) is 65.0 Å². The van der Waals surface area contributed by atoms with Gasteiger partial charge in [0.2, 0.25) is 11.8 Å². The van der Waals surface area contributed by atoms with Crippen LogP contribution in [-0.2, 0) is 44.7 Å². The fraction of sp³-hybridized carbons (Fsp3) is 0.373. The molecule has 0 aliphatic heterocycles. The van der Waals surface area contributed by atoms with Gasteiger partial charge in [0.15, 0.2) is 0 Å². The van der Waals surface area contributed by atoms with Crippen LogP contribution in [0.25, 0.3) is 33.3 Å². The third kappa shape index (κ3) is 6.30. The van der Waals surface area contributed by atoms with Crippen LogP contribution in [0.5, 0.6) is 11.8 Å². The van der Waals surface area contributed by atoms with Gasteiger partial charge in [0.1, 0.15) is 0 Å². The Kier molecular flexibility index (Phi) is 9.52. The second-order valence-electron chi connectivity index (χ2n) is 18.6. The van der Waals surface area contributed by atoms with Crippen molar-refractivity contribution in [2.75, 3.05) is 0 Å². The molecule has 1 spiro atoms. The Morgan fingerprint density at radius 3 is 2.00 bits per heavy atom. The van der Waals surface area contributed by atoms with Crippen molar-refractivity contribution < 1.29 is 25.8 Å². The third-order valence-electron chi connectivity index (χ3n) is 14.2. The minimum Gasteiger partial charge on any atom is -0.422 e. The Hall–Kier alpha value is -4.07. The van der Waals surface area contributed by atoms with E-state index < -0.39 is 0 Å². The smallest absolute Gasteiger partial charge is 0.422 e. The monoisotopic (exact) mass is 903 g/mol. The maximum absolute atomic E-state index is 6.59. The van der Waals surface area contributed by atoms with Crippen LogP contribution in [0, 0.1) is 28.9 Å². The van der Waals surface area contributed by atoms with Gasteiger partial charge < -0.3 is 4.74 Å². The molecule has 3 nitrogen and oxygen atoms in total. The molecule has 0 radical (unpaired) electrons. The van der Waals surface area contributed by atoms with Gasteiger partial charge in [0.25, 0.3) is 0 Å². The Bertz CT molecular complexity index is 2340. The summed E-state index contributed by atoms with van der Waals surface area (Å²) in [6, 6.07) is 43.8. The summed E-state index contributed by atoms with van der Waals surface area (Å²) >= 11 is 0. The zero-order chi connectivity index (χ0) is 37.5. The average Bonchev–Trinajstić information content (AvgIpc) is 3.62. The van der Waals surface area contributed by atoms with E-state index >= 15 is 0 Å². The molecule has 0 amide bonds. The number of rotatable bonds is 5. The van der Waals surface area contributed by atoms with Crippen molar-refractivity contribution in [3.63, 3.8) is 0 Å². The predicted molar refractivity (Wildman–Crippen MR) is 221 cm³/mol. The van der Waals surface area contributed by atoms with Crippen molar-refractivity contribution in [2.45, 2.75) is 104 Å². The number of hydrogen-bond donors (Lipinski definition) is 0. The van der Waals surface area contributed by atoms with Crippen LogP contribution in [0.1, 0.15) is 108 Å². The van der Waals surface area contributed by atoms with E-state index in [1.54, 1.807) is 0 Å². The SMILES string of the molecule is CC(C)(C)C1CCC(c2cc(Oc3cccc(-c4[c-]ccc5cc6c(cc45)CC4(C6)C(C)(C)c5ccccc5C4(C)C)n3)nc(-c3[c-]cccc3)c2)CC1.[Pt+2]. The summed E-state index contributed by atoms with van der Waals surface area (Å²) in [7, 11) is 0. The molecular weight excluding hydrogens is 852 g/mol. The van der Waals surface area contributed by atoms with E-state index in [2.05, 4.69) is 127 Å². The van der Waals surface area contributed by atoms with Crippen LogP contribution >= 0.6 is 0 Å². The molecule has 0 saturated heterocycles. The van der Waals surface area contributed by atoms with E-state index in [0.717, 1.165) is 41.3 Å². The average molecular weight is 904 g/mol. The maximum Gasteiger partial charge on any atom is 2.00 e. The molecule has 0 bridgehead atoms. The molecule has 1 saturated carbocycles. The normalized spacial score (nSPS) is 20.5. The number of hydrogen-bond acceptors (Lipinski definition) is 3. The summed E-state index contributed by atoms with van der Waals surface area (Å²) in [5.41, 5.74) is 11.5. The first-order chi connectivity index (χ1) is 25.8. The zero-order valence-corrected chi connectivity index (χ0v) is 35.6. The molecule has 6 aromatic rings. The van der Waals surface area contributed by atoms with Crippen molar-refractivity contribution >= 4 is 10.8 Å². The van der Waals surface area contributed by atoms with Gasteiger partial charge >= 0.3 is 21.1 Å². The van der Waals surface area contributed by atoms with Crippen LogP contribution < -0.4 is 4.74 Å². The van der Waals surface area contributed by atoms with Gasteiger partial charge in [-0.05, 0) is 112 Å². The first kappa shape index (κ1) is 37.8. The molecule has 2 heterocycles. The van der Waals surface area contributed by atoms with Crippen molar-refractivity contribution in [2.24, 2.45) is 16.7 Å². The van der Waals surface area contributed by atoms with Crippen LogP contribution in [0.2, 0.25) is 0 Å². The molecule has 4 heteroatoms. The molecule has 3 aliphatic rings. The summed E-state index contributed by atoms with van der Waals surface area (Å²) in [5, 5.41) is 2.43. The van der Waals surface area contributed by atoms with E-state index in [1.165, 1.54) is 64.3 Å². The fourth-order valence-electron chi connectivity index (χ4n) is 10.9. The first-order valence-corrected chi connectivity index (χ1v) is 20.0. The molecule has 4 aromatic carbocycles. The van der Waals surface area contributed by atoms with Crippen LogP contribution in [-0.4, -0.2) is 9.97 Å². The van der Waals surface area contributed by atoms with E-state index in [0.29, 0.717) is 23.1 Å². The number of aromatic nitrogens is 2. The van der Waals surface area contributed by atoms with Crippen molar-refractivity contribution in [1.82, 2.24) is 9.97 Å². The minimum absolute atomic E-state index is 0. The largest absolute Gasteiger partial charge is 2.00 e. The number of nitrogens with zero attached hydrogens (tertiary/aromatic N) is 2. The van der Waals surface area contributed by atoms with Crippen LogP contribution in [0.3, 0.4) is 0 Å². The Balaban J connectivity index is 0.00000427. The summed E-state index contributed by atoms with van der Waals surface area (Å²) in [6.45, 7) is 17.1. The minimum atomic E-state index is 0. The summed E-state index contributed by atoms with van der Waals surface area (Å²) in [5.74, 6) is 2.35. The van der Waals surface area contributed by atoms with Gasteiger partial charge in [-0.25, -0.2) is 0 Å². The van der Waals surface area contributed by atoms with Gasteiger partial charge in [-0.2, -0.15) is 0 Å². The van der Waals surface area contributed by atoms with E-state index in [4.69, 9.17) is 14.7 Å². The summed E-state index contributed by atoms with van der Waals surface area (Å²) in [4.78, 5) is 10.1. The molecule has 1 fully saturated rings. The molecule has 0 atom stereocenters. The quantitative estimate of drug-likeness (QED) is 0.162. The second kappa shape index (κ2) is 13.8. The van der Waals surface area contributed by atoms with E-state index in [1.807, 2.05) is 36.4 Å². The summed E-state index contributed by atoms with van der Waals surface area (Å²) in [6.07, 6.45) is 6.99. The maximum atomic E-state index is 6.59. The van der Waals surface area contributed by atoms with Gasteiger partial charge in [-0.3, -0.25) is 9.97 Å². The molecule has 2 aromatic heterocycles. The molecule has 55 heavy (non-hydrogen) atoms. The number of fused-ring (bicyclic) bond motifs is 3. The number of pyridine rings is 2. The molecular formula is C51H52N2OPt.